The molecule has 4 nitrogen and oxygen atoms in total. The second-order valence-corrected chi connectivity index (χ2v) is 5.24. The van der Waals surface area contributed by atoms with Gasteiger partial charge in [-0.1, -0.05) is 82.3 Å². The molecule has 0 unspecified atom stereocenters. The lowest BCUT2D eigenvalue weighted by Gasteiger charge is -1.99. The Kier molecular flexibility index (Phi) is 7.62. The summed E-state index contributed by atoms with van der Waals surface area (Å²) in [6, 6.07) is 18.3. The predicted molar refractivity (Wildman–Crippen MR) is 109 cm³/mol. The zero-order valence-electron chi connectivity index (χ0n) is 16.0. The second kappa shape index (κ2) is 10.2. The fourth-order valence-corrected chi connectivity index (χ4v) is 2.65. The van der Waals surface area contributed by atoms with Crippen molar-refractivity contribution in [2.45, 2.75) is 40.7 Å². The zero-order chi connectivity index (χ0) is 18.8. The molecule has 0 N–H and O–H groups in total. The van der Waals surface area contributed by atoms with Crippen molar-refractivity contribution in [1.29, 1.82) is 0 Å². The van der Waals surface area contributed by atoms with E-state index in [9.17, 15) is 0 Å². The number of fused-ring (bicyclic) bond motifs is 3. The summed E-state index contributed by atoms with van der Waals surface area (Å²) in [7, 11) is 0. The molecule has 0 radical (unpaired) electrons. The minimum atomic E-state index is 0.450. The topological polar surface area (TPSA) is 51.0 Å². The molecule has 0 bridgehead atoms. The van der Waals surface area contributed by atoms with Crippen LogP contribution in [0, 0.1) is 0 Å². The van der Waals surface area contributed by atoms with E-state index >= 15 is 0 Å². The molecular weight excluding hydrogens is 320 g/mol. The number of benzene rings is 2. The maximum Gasteiger partial charge on any atom is 0.172 e. The summed E-state index contributed by atoms with van der Waals surface area (Å²) in [5, 5.41) is 8.55. The Bertz CT molecular complexity index is 842. The first kappa shape index (κ1) is 19.4. The fourth-order valence-electron chi connectivity index (χ4n) is 2.65. The van der Waals surface area contributed by atoms with Crippen molar-refractivity contribution in [3.8, 4) is 11.3 Å². The number of hydrogen-bond acceptors (Lipinski definition) is 4. The highest BCUT2D eigenvalue weighted by atomic mass is 15.2. The SMILES string of the molecule is C(=NCc1nnc2c(n1)Cc1ccccc1-2)c1ccccc1.CC.CC. The summed E-state index contributed by atoms with van der Waals surface area (Å²) in [5.74, 6) is 0.665. The molecule has 0 saturated heterocycles. The van der Waals surface area contributed by atoms with E-state index in [-0.39, 0.29) is 0 Å². The van der Waals surface area contributed by atoms with Crippen LogP contribution in [0.5, 0.6) is 0 Å². The largest absolute Gasteiger partial charge is 0.284 e. The van der Waals surface area contributed by atoms with Crippen molar-refractivity contribution in [3.63, 3.8) is 0 Å². The van der Waals surface area contributed by atoms with Gasteiger partial charge in [0.25, 0.3) is 0 Å². The monoisotopic (exact) mass is 346 g/mol. The first-order valence-corrected chi connectivity index (χ1v) is 9.26. The third kappa shape index (κ3) is 4.60. The van der Waals surface area contributed by atoms with Crippen LogP contribution < -0.4 is 0 Å². The average molecular weight is 346 g/mol. The van der Waals surface area contributed by atoms with Crippen LogP contribution in [-0.2, 0) is 13.0 Å². The molecule has 0 aliphatic heterocycles. The summed E-state index contributed by atoms with van der Waals surface area (Å²) >= 11 is 0. The van der Waals surface area contributed by atoms with Gasteiger partial charge in [0.1, 0.15) is 12.2 Å². The highest BCUT2D eigenvalue weighted by Crippen LogP contribution is 2.32. The third-order valence-electron chi connectivity index (χ3n) is 3.71. The van der Waals surface area contributed by atoms with Crippen LogP contribution in [0.15, 0.2) is 59.6 Å². The molecule has 134 valence electrons. The van der Waals surface area contributed by atoms with Crippen LogP contribution in [-0.4, -0.2) is 21.4 Å². The molecule has 1 aliphatic rings. The Morgan fingerprint density at radius 3 is 2.35 bits per heavy atom. The molecule has 0 spiro atoms. The van der Waals surface area contributed by atoms with Gasteiger partial charge in [-0.25, -0.2) is 4.98 Å². The maximum absolute atomic E-state index is 4.61. The molecule has 0 saturated carbocycles. The van der Waals surface area contributed by atoms with Gasteiger partial charge in [0.05, 0.1) is 5.69 Å². The van der Waals surface area contributed by atoms with Gasteiger partial charge in [-0.3, -0.25) is 4.99 Å². The second-order valence-electron chi connectivity index (χ2n) is 5.24. The molecule has 3 aromatic rings. The van der Waals surface area contributed by atoms with Gasteiger partial charge in [-0.05, 0) is 11.1 Å². The molecule has 1 aliphatic carbocycles. The first-order valence-electron chi connectivity index (χ1n) is 9.26. The summed E-state index contributed by atoms with van der Waals surface area (Å²) in [6.07, 6.45) is 2.67. The smallest absolute Gasteiger partial charge is 0.172 e. The van der Waals surface area contributed by atoms with Crippen molar-refractivity contribution in [1.82, 2.24) is 15.2 Å². The van der Waals surface area contributed by atoms with Gasteiger partial charge >= 0.3 is 0 Å². The van der Waals surface area contributed by atoms with Gasteiger partial charge in [-0.15, -0.1) is 10.2 Å². The number of nitrogens with zero attached hydrogens (tertiary/aromatic N) is 4. The van der Waals surface area contributed by atoms with Gasteiger partial charge < -0.3 is 0 Å². The lowest BCUT2D eigenvalue weighted by molar-refractivity contribution is 0.819. The van der Waals surface area contributed by atoms with Crippen LogP contribution in [0.3, 0.4) is 0 Å². The van der Waals surface area contributed by atoms with Crippen LogP contribution in [0.4, 0.5) is 0 Å². The predicted octanol–water partition coefficient (Wildman–Crippen LogP) is 5.11. The summed E-state index contributed by atoms with van der Waals surface area (Å²) < 4.78 is 0. The average Bonchev–Trinajstić information content (AvgIpc) is 3.10. The van der Waals surface area contributed by atoms with Crippen LogP contribution >= 0.6 is 0 Å². The fraction of sp³-hybridized carbons (Fsp3) is 0.273. The Labute approximate surface area is 156 Å². The van der Waals surface area contributed by atoms with Crippen molar-refractivity contribution in [3.05, 3.63) is 77.2 Å². The lowest BCUT2D eigenvalue weighted by Crippen LogP contribution is -2.01. The van der Waals surface area contributed by atoms with E-state index in [1.54, 1.807) is 0 Å². The van der Waals surface area contributed by atoms with E-state index in [0.717, 1.165) is 28.9 Å². The third-order valence-corrected chi connectivity index (χ3v) is 3.71. The first-order chi connectivity index (χ1) is 12.9. The minimum Gasteiger partial charge on any atom is -0.284 e. The zero-order valence-corrected chi connectivity index (χ0v) is 16.0. The Balaban J connectivity index is 0.000000570. The molecule has 1 aromatic heterocycles. The van der Waals surface area contributed by atoms with E-state index in [1.165, 1.54) is 5.56 Å². The van der Waals surface area contributed by atoms with E-state index in [0.29, 0.717) is 12.4 Å². The van der Waals surface area contributed by atoms with Crippen molar-refractivity contribution in [2.75, 3.05) is 0 Å². The van der Waals surface area contributed by atoms with E-state index < -0.39 is 0 Å². The number of rotatable bonds is 3. The van der Waals surface area contributed by atoms with E-state index in [1.807, 2.05) is 76.4 Å². The van der Waals surface area contributed by atoms with Crippen LogP contribution in [0.2, 0.25) is 0 Å². The highest BCUT2D eigenvalue weighted by Gasteiger charge is 2.21. The molecule has 4 heteroatoms. The Morgan fingerprint density at radius 2 is 1.58 bits per heavy atom. The Morgan fingerprint density at radius 1 is 0.885 bits per heavy atom. The molecule has 0 fully saturated rings. The van der Waals surface area contributed by atoms with Crippen LogP contribution in [0.1, 0.15) is 50.3 Å². The quantitative estimate of drug-likeness (QED) is 0.484. The molecule has 1 heterocycles. The van der Waals surface area contributed by atoms with Gasteiger partial charge in [0.15, 0.2) is 5.82 Å². The molecule has 2 aromatic carbocycles. The number of aliphatic imine (C=N–C) groups is 1. The minimum absolute atomic E-state index is 0.450. The molecule has 26 heavy (non-hydrogen) atoms. The normalized spacial score (nSPS) is 10.9. The molecular formula is C22H26N4. The standard InChI is InChI=1S/C18H14N4.2C2H6/c1-2-6-13(7-3-1)11-19-12-17-20-16-10-14-8-4-5-9-15(14)18(16)22-21-17;2*1-2/h1-9,11H,10,12H2;2*1-2H3. The van der Waals surface area contributed by atoms with E-state index in [2.05, 4.69) is 32.3 Å². The van der Waals surface area contributed by atoms with Gasteiger partial charge in [0.2, 0.25) is 0 Å². The number of hydrogen-bond donors (Lipinski definition) is 0. The van der Waals surface area contributed by atoms with E-state index in [4.69, 9.17) is 0 Å². The van der Waals surface area contributed by atoms with Crippen molar-refractivity contribution >= 4 is 6.21 Å². The number of aromatic nitrogens is 3. The summed E-state index contributed by atoms with van der Waals surface area (Å²) in [4.78, 5) is 9.01. The van der Waals surface area contributed by atoms with Gasteiger partial charge in [-0.2, -0.15) is 0 Å². The highest BCUT2D eigenvalue weighted by molar-refractivity contribution is 5.79. The van der Waals surface area contributed by atoms with Crippen molar-refractivity contribution < 1.29 is 0 Å². The molecule has 4 rings (SSSR count). The summed E-state index contributed by atoms with van der Waals surface area (Å²) in [6.45, 7) is 8.45. The summed E-state index contributed by atoms with van der Waals surface area (Å²) in [5.41, 5.74) is 5.40. The van der Waals surface area contributed by atoms with Gasteiger partial charge in [0, 0.05) is 18.2 Å². The maximum atomic E-state index is 4.61. The van der Waals surface area contributed by atoms with Crippen LogP contribution in [0.25, 0.3) is 11.3 Å². The molecule has 0 atom stereocenters. The van der Waals surface area contributed by atoms with Crippen molar-refractivity contribution in [2.24, 2.45) is 4.99 Å². The lowest BCUT2D eigenvalue weighted by atomic mass is 10.1. The molecule has 0 amide bonds. The Hall–Kier alpha value is -2.88.